The summed E-state index contributed by atoms with van der Waals surface area (Å²) in [7, 11) is 0. The van der Waals surface area contributed by atoms with Gasteiger partial charge in [-0.05, 0) is 56.5 Å². The zero-order valence-electron chi connectivity index (χ0n) is 14.5. The van der Waals surface area contributed by atoms with Crippen molar-refractivity contribution in [3.05, 3.63) is 34.4 Å². The van der Waals surface area contributed by atoms with Crippen LogP contribution >= 0.6 is 0 Å². The molecular weight excluding hydrogens is 312 g/mol. The summed E-state index contributed by atoms with van der Waals surface area (Å²) in [6.45, 7) is 6.99. The summed E-state index contributed by atoms with van der Waals surface area (Å²) in [4.78, 5) is 23.9. The monoisotopic (exact) mass is 336 g/mol. The smallest absolute Gasteiger partial charge is 0.344 e. The molecule has 6 heteroatoms. The Morgan fingerprint density at radius 3 is 2.46 bits per heavy atom. The van der Waals surface area contributed by atoms with Gasteiger partial charge in [0.2, 0.25) is 0 Å². The molecule has 0 amide bonds. The fourth-order valence-electron chi connectivity index (χ4n) is 2.77. The van der Waals surface area contributed by atoms with E-state index >= 15 is 0 Å². The second-order valence-electron chi connectivity index (χ2n) is 6.24. The van der Waals surface area contributed by atoms with Crippen LogP contribution in [0.4, 0.5) is 0 Å². The molecule has 1 heterocycles. The summed E-state index contributed by atoms with van der Waals surface area (Å²) in [5, 5.41) is 9.21. The molecule has 1 saturated heterocycles. The highest BCUT2D eigenvalue weighted by atomic mass is 16.6. The molecule has 0 bridgehead atoms. The molecule has 0 aromatic heterocycles. The molecule has 2 rings (SSSR count). The van der Waals surface area contributed by atoms with Gasteiger partial charge in [0.05, 0.1) is 18.3 Å². The number of benzene rings is 1. The van der Waals surface area contributed by atoms with Gasteiger partial charge in [-0.3, -0.25) is 0 Å². The number of rotatable bonds is 5. The first kappa shape index (κ1) is 18.4. The highest BCUT2D eigenvalue weighted by Gasteiger charge is 2.35. The van der Waals surface area contributed by atoms with E-state index in [-0.39, 0.29) is 12.7 Å². The minimum absolute atomic E-state index is 0.0824. The van der Waals surface area contributed by atoms with E-state index in [4.69, 9.17) is 14.2 Å². The van der Waals surface area contributed by atoms with Crippen LogP contribution in [0.5, 0.6) is 0 Å². The van der Waals surface area contributed by atoms with Crippen molar-refractivity contribution in [2.75, 3.05) is 13.2 Å². The van der Waals surface area contributed by atoms with E-state index in [2.05, 4.69) is 0 Å². The van der Waals surface area contributed by atoms with Gasteiger partial charge in [0, 0.05) is 6.42 Å². The van der Waals surface area contributed by atoms with Crippen LogP contribution in [0.2, 0.25) is 0 Å². The van der Waals surface area contributed by atoms with Crippen LogP contribution in [0.25, 0.3) is 0 Å². The molecule has 0 saturated carbocycles. The maximum Gasteiger partial charge on any atom is 0.344 e. The summed E-state index contributed by atoms with van der Waals surface area (Å²) >= 11 is 0. The third kappa shape index (κ3) is 4.33. The number of aliphatic hydroxyl groups excluding tert-OH is 1. The second-order valence-corrected chi connectivity index (χ2v) is 6.24. The first-order valence-electron chi connectivity index (χ1n) is 8.02. The van der Waals surface area contributed by atoms with E-state index in [1.165, 1.54) is 0 Å². The van der Waals surface area contributed by atoms with Gasteiger partial charge in [0.15, 0.2) is 6.61 Å². The van der Waals surface area contributed by atoms with Crippen molar-refractivity contribution in [1.82, 2.24) is 0 Å². The van der Waals surface area contributed by atoms with Gasteiger partial charge in [0.1, 0.15) is 12.2 Å². The molecule has 132 valence electrons. The Hall–Kier alpha value is -1.92. The molecule has 3 unspecified atom stereocenters. The molecule has 1 aromatic carbocycles. The lowest BCUT2D eigenvalue weighted by Gasteiger charge is -2.16. The van der Waals surface area contributed by atoms with Crippen molar-refractivity contribution < 1.29 is 28.9 Å². The molecular formula is C18H24O6. The summed E-state index contributed by atoms with van der Waals surface area (Å²) < 4.78 is 15.7. The van der Waals surface area contributed by atoms with E-state index in [0.29, 0.717) is 12.0 Å². The summed E-state index contributed by atoms with van der Waals surface area (Å²) in [6.07, 6.45) is -0.607. The molecule has 1 aliphatic rings. The first-order valence-corrected chi connectivity index (χ1v) is 8.02. The van der Waals surface area contributed by atoms with Crippen molar-refractivity contribution in [2.45, 2.75) is 52.4 Å². The normalized spacial score (nSPS) is 23.1. The number of hydrogen-bond donors (Lipinski definition) is 1. The van der Waals surface area contributed by atoms with Gasteiger partial charge in [-0.25, -0.2) is 9.59 Å². The highest BCUT2D eigenvalue weighted by Crippen LogP contribution is 2.23. The Balaban J connectivity index is 1.88. The third-order valence-electron chi connectivity index (χ3n) is 4.33. The molecule has 0 aliphatic carbocycles. The lowest BCUT2D eigenvalue weighted by atomic mass is 10.0. The number of aryl methyl sites for hydroxylation is 2. The van der Waals surface area contributed by atoms with Gasteiger partial charge < -0.3 is 19.3 Å². The molecule has 0 radical (unpaired) electrons. The fourth-order valence-corrected chi connectivity index (χ4v) is 2.77. The number of esters is 2. The molecule has 3 atom stereocenters. The van der Waals surface area contributed by atoms with Crippen LogP contribution in [0.3, 0.4) is 0 Å². The van der Waals surface area contributed by atoms with Gasteiger partial charge in [-0.1, -0.05) is 0 Å². The number of carbonyl (C=O) groups excluding carboxylic acids is 2. The van der Waals surface area contributed by atoms with Crippen molar-refractivity contribution in [3.63, 3.8) is 0 Å². The van der Waals surface area contributed by atoms with Crippen LogP contribution in [-0.2, 0) is 19.0 Å². The van der Waals surface area contributed by atoms with Gasteiger partial charge >= 0.3 is 11.9 Å². The topological polar surface area (TPSA) is 82.1 Å². The summed E-state index contributed by atoms with van der Waals surface area (Å²) in [5.74, 6) is -1.21. The lowest BCUT2D eigenvalue weighted by Crippen LogP contribution is -2.31. The van der Waals surface area contributed by atoms with Crippen molar-refractivity contribution >= 4 is 11.9 Å². The minimum atomic E-state index is -0.648. The predicted octanol–water partition coefficient (Wildman–Crippen LogP) is 1.85. The summed E-state index contributed by atoms with van der Waals surface area (Å²) in [6, 6.07) is 3.48. The maximum atomic E-state index is 12.1. The summed E-state index contributed by atoms with van der Waals surface area (Å²) in [5.41, 5.74) is 3.52. The molecule has 6 nitrogen and oxygen atoms in total. The Kier molecular flexibility index (Phi) is 5.96. The zero-order chi connectivity index (χ0) is 17.9. The third-order valence-corrected chi connectivity index (χ3v) is 4.33. The molecule has 1 N–H and O–H groups in total. The number of carbonyl (C=O) groups is 2. The Morgan fingerprint density at radius 1 is 1.25 bits per heavy atom. The fraction of sp³-hybridized carbons (Fsp3) is 0.556. The predicted molar refractivity (Wildman–Crippen MR) is 86.9 cm³/mol. The van der Waals surface area contributed by atoms with Crippen LogP contribution in [0, 0.1) is 20.8 Å². The van der Waals surface area contributed by atoms with Gasteiger partial charge in [-0.15, -0.1) is 0 Å². The Labute approximate surface area is 141 Å². The van der Waals surface area contributed by atoms with Crippen molar-refractivity contribution in [2.24, 2.45) is 0 Å². The van der Waals surface area contributed by atoms with E-state index in [9.17, 15) is 14.7 Å². The van der Waals surface area contributed by atoms with Crippen LogP contribution < -0.4 is 0 Å². The Bertz CT molecular complexity index is 601. The average molecular weight is 336 g/mol. The highest BCUT2D eigenvalue weighted by molar-refractivity contribution is 5.91. The Morgan fingerprint density at radius 2 is 1.88 bits per heavy atom. The molecule has 0 spiro atoms. The van der Waals surface area contributed by atoms with Gasteiger partial charge in [0.25, 0.3) is 0 Å². The molecule has 24 heavy (non-hydrogen) atoms. The quantitative estimate of drug-likeness (QED) is 0.827. The SMILES string of the molecule is Cc1cc(C(=O)OCC(=O)OC2CC(C)OC2CO)cc(C)c1C. The van der Waals surface area contributed by atoms with E-state index in [0.717, 1.165) is 16.7 Å². The standard InChI is InChI=1S/C18H24O6/c1-10-5-14(6-11(2)13(10)4)18(21)22-9-17(20)24-15-7-12(3)23-16(15)8-19/h5-6,12,15-16,19H,7-9H2,1-4H3. The molecule has 1 aliphatic heterocycles. The number of ether oxygens (including phenoxy) is 3. The van der Waals surface area contributed by atoms with E-state index in [1.807, 2.05) is 27.7 Å². The first-order chi connectivity index (χ1) is 11.3. The minimum Gasteiger partial charge on any atom is -0.457 e. The van der Waals surface area contributed by atoms with E-state index < -0.39 is 30.8 Å². The van der Waals surface area contributed by atoms with E-state index in [1.54, 1.807) is 12.1 Å². The van der Waals surface area contributed by atoms with Crippen LogP contribution in [0.15, 0.2) is 12.1 Å². The number of aliphatic hydroxyl groups is 1. The lowest BCUT2D eigenvalue weighted by molar-refractivity contribution is -0.156. The van der Waals surface area contributed by atoms with Crippen LogP contribution in [0.1, 0.15) is 40.4 Å². The average Bonchev–Trinajstić information content (AvgIpc) is 2.89. The maximum absolute atomic E-state index is 12.1. The zero-order valence-corrected chi connectivity index (χ0v) is 14.5. The second kappa shape index (κ2) is 7.77. The molecule has 1 fully saturated rings. The van der Waals surface area contributed by atoms with Crippen molar-refractivity contribution in [1.29, 1.82) is 0 Å². The van der Waals surface area contributed by atoms with Gasteiger partial charge in [-0.2, -0.15) is 0 Å². The molecule has 1 aromatic rings. The number of hydrogen-bond acceptors (Lipinski definition) is 6. The van der Waals surface area contributed by atoms with Crippen molar-refractivity contribution in [3.8, 4) is 0 Å². The van der Waals surface area contributed by atoms with Crippen LogP contribution in [-0.4, -0.2) is 48.6 Å². The largest absolute Gasteiger partial charge is 0.457 e.